The van der Waals surface area contributed by atoms with Crippen LogP contribution in [0.25, 0.3) is 0 Å². The lowest BCUT2D eigenvalue weighted by Crippen LogP contribution is -2.29. The Hall–Kier alpha value is -1.52. The molecule has 2 aliphatic rings. The predicted octanol–water partition coefficient (Wildman–Crippen LogP) is 6.67. The van der Waals surface area contributed by atoms with Crippen LogP contribution in [-0.2, 0) is 4.79 Å². The van der Waals surface area contributed by atoms with Gasteiger partial charge in [-0.15, -0.1) is 0 Å². The van der Waals surface area contributed by atoms with Crippen LogP contribution in [0, 0.1) is 41.1 Å². The number of ether oxygens (including phenoxy) is 1. The van der Waals surface area contributed by atoms with Crippen LogP contribution in [-0.4, -0.2) is 5.97 Å². The number of esters is 1. The van der Waals surface area contributed by atoms with Crippen molar-refractivity contribution < 1.29 is 22.7 Å². The Kier molecular flexibility index (Phi) is 8.18. The fraction of sp³-hybridized carbons (Fsp3) is 0.682. The number of benzene rings is 1. The van der Waals surface area contributed by atoms with Gasteiger partial charge in [-0.2, -0.15) is 0 Å². The molecule has 0 amide bonds. The summed E-state index contributed by atoms with van der Waals surface area (Å²) in [6.07, 6.45) is 8.69. The van der Waals surface area contributed by atoms with Gasteiger partial charge in [-0.3, -0.25) is 4.79 Å². The standard InChI is InChI=1S/C20H25F3O2.C2H6/c1-12-2-4-13(5-3-12)14-6-8-15(9-7-14)20(24)25-16-10-17(21)19(23)18(22)11-16;1-2/h10-15H,2-9H2,1H3;1-2H3. The third-order valence-corrected chi connectivity index (χ3v) is 6.01. The van der Waals surface area contributed by atoms with E-state index in [-0.39, 0.29) is 11.7 Å². The smallest absolute Gasteiger partial charge is 0.314 e. The summed E-state index contributed by atoms with van der Waals surface area (Å²) in [4.78, 5) is 12.2. The zero-order valence-corrected chi connectivity index (χ0v) is 16.6. The summed E-state index contributed by atoms with van der Waals surface area (Å²) in [5, 5.41) is 0. The highest BCUT2D eigenvalue weighted by Crippen LogP contribution is 2.41. The van der Waals surface area contributed by atoms with Crippen molar-refractivity contribution in [2.24, 2.45) is 23.7 Å². The van der Waals surface area contributed by atoms with Gasteiger partial charge in [-0.05, 0) is 56.3 Å². The second kappa shape index (κ2) is 10.1. The number of hydrogen-bond acceptors (Lipinski definition) is 2. The zero-order chi connectivity index (χ0) is 20.0. The molecule has 27 heavy (non-hydrogen) atoms. The lowest BCUT2D eigenvalue weighted by Gasteiger charge is -2.36. The monoisotopic (exact) mass is 384 g/mol. The Labute approximate surface area is 160 Å². The molecule has 2 fully saturated rings. The van der Waals surface area contributed by atoms with Crippen molar-refractivity contribution in [2.45, 2.75) is 72.1 Å². The molecule has 0 spiro atoms. The topological polar surface area (TPSA) is 26.3 Å². The molecule has 2 aliphatic carbocycles. The van der Waals surface area contributed by atoms with Gasteiger partial charge in [-0.1, -0.05) is 33.6 Å². The van der Waals surface area contributed by atoms with Crippen LogP contribution in [0.2, 0.25) is 0 Å². The first-order valence-electron chi connectivity index (χ1n) is 10.3. The van der Waals surface area contributed by atoms with E-state index in [4.69, 9.17) is 4.74 Å². The van der Waals surface area contributed by atoms with E-state index in [1.54, 1.807) is 0 Å². The molecule has 0 aromatic heterocycles. The van der Waals surface area contributed by atoms with E-state index in [2.05, 4.69) is 6.92 Å². The lowest BCUT2D eigenvalue weighted by atomic mass is 9.69. The molecule has 0 atom stereocenters. The van der Waals surface area contributed by atoms with Crippen molar-refractivity contribution in [2.75, 3.05) is 0 Å². The van der Waals surface area contributed by atoms with Gasteiger partial charge in [0.15, 0.2) is 17.5 Å². The molecule has 1 aromatic rings. The quantitative estimate of drug-likeness (QED) is 0.330. The molecule has 5 heteroatoms. The second-order valence-electron chi connectivity index (χ2n) is 7.75. The molecule has 1 aromatic carbocycles. The summed E-state index contributed by atoms with van der Waals surface area (Å²) in [5.74, 6) is -2.95. The molecule has 2 nitrogen and oxygen atoms in total. The molecular weight excluding hydrogens is 353 g/mol. The first kappa shape index (κ1) is 21.8. The number of carbonyl (C=O) groups excluding carboxylic acids is 1. The van der Waals surface area contributed by atoms with Crippen molar-refractivity contribution in [3.63, 3.8) is 0 Å². The van der Waals surface area contributed by atoms with Gasteiger partial charge < -0.3 is 4.74 Å². The van der Waals surface area contributed by atoms with Crippen LogP contribution in [0.15, 0.2) is 12.1 Å². The van der Waals surface area contributed by atoms with Gasteiger partial charge in [0.2, 0.25) is 0 Å². The highest BCUT2D eigenvalue weighted by molar-refractivity contribution is 5.75. The molecule has 0 bridgehead atoms. The summed E-state index contributed by atoms with van der Waals surface area (Å²) in [5.41, 5.74) is 0. The van der Waals surface area contributed by atoms with Crippen molar-refractivity contribution in [1.29, 1.82) is 0 Å². The van der Waals surface area contributed by atoms with Crippen molar-refractivity contribution >= 4 is 5.97 Å². The summed E-state index contributed by atoms with van der Waals surface area (Å²) in [7, 11) is 0. The second-order valence-corrected chi connectivity index (χ2v) is 7.75. The largest absolute Gasteiger partial charge is 0.426 e. The SMILES string of the molecule is CC.CC1CCC(C2CCC(C(=O)Oc3cc(F)c(F)c(F)c3)CC2)CC1. The van der Waals surface area contributed by atoms with Gasteiger partial charge in [0.25, 0.3) is 0 Å². The van der Waals surface area contributed by atoms with E-state index in [0.29, 0.717) is 18.1 Å². The molecule has 3 rings (SSSR count). The molecule has 152 valence electrons. The fourth-order valence-corrected chi connectivity index (χ4v) is 4.37. The Balaban J connectivity index is 0.00000126. The maximum absolute atomic E-state index is 13.2. The molecule has 0 aliphatic heterocycles. The minimum absolute atomic E-state index is 0.241. The molecule has 2 saturated carbocycles. The number of halogens is 3. The summed E-state index contributed by atoms with van der Waals surface area (Å²) >= 11 is 0. The minimum Gasteiger partial charge on any atom is -0.426 e. The highest BCUT2D eigenvalue weighted by Gasteiger charge is 2.33. The molecule has 0 saturated heterocycles. The highest BCUT2D eigenvalue weighted by atomic mass is 19.2. The van der Waals surface area contributed by atoms with Crippen molar-refractivity contribution in [3.05, 3.63) is 29.6 Å². The number of carbonyl (C=O) groups is 1. The predicted molar refractivity (Wildman–Crippen MR) is 99.9 cm³/mol. The van der Waals surface area contributed by atoms with Crippen LogP contribution < -0.4 is 4.74 Å². The van der Waals surface area contributed by atoms with E-state index < -0.39 is 23.4 Å². The minimum atomic E-state index is -1.55. The zero-order valence-electron chi connectivity index (χ0n) is 16.6. The maximum atomic E-state index is 13.2. The van der Waals surface area contributed by atoms with E-state index in [0.717, 1.165) is 37.5 Å². The first-order chi connectivity index (χ1) is 12.9. The van der Waals surface area contributed by atoms with Crippen molar-refractivity contribution in [3.8, 4) is 5.75 Å². The third-order valence-electron chi connectivity index (χ3n) is 6.01. The Morgan fingerprint density at radius 3 is 1.78 bits per heavy atom. The number of hydrogen-bond donors (Lipinski definition) is 0. The van der Waals surface area contributed by atoms with E-state index in [1.165, 1.54) is 25.7 Å². The summed E-state index contributed by atoms with van der Waals surface area (Å²) in [6, 6.07) is 1.43. The molecule has 0 heterocycles. The summed E-state index contributed by atoms with van der Waals surface area (Å²) < 4.78 is 44.5. The summed E-state index contributed by atoms with van der Waals surface area (Å²) in [6.45, 7) is 6.31. The van der Waals surface area contributed by atoms with Gasteiger partial charge in [0.05, 0.1) is 5.92 Å². The molecule has 0 N–H and O–H groups in total. The van der Waals surface area contributed by atoms with Crippen LogP contribution >= 0.6 is 0 Å². The van der Waals surface area contributed by atoms with Crippen LogP contribution in [0.4, 0.5) is 13.2 Å². The van der Waals surface area contributed by atoms with Gasteiger partial charge in [-0.25, -0.2) is 13.2 Å². The van der Waals surface area contributed by atoms with Crippen LogP contribution in [0.1, 0.15) is 72.1 Å². The normalized spacial score (nSPS) is 28.1. The Bertz CT molecular complexity index is 593. The van der Waals surface area contributed by atoms with E-state index in [9.17, 15) is 18.0 Å². The average Bonchev–Trinajstić information content (AvgIpc) is 2.68. The Morgan fingerprint density at radius 2 is 1.30 bits per heavy atom. The molecular formula is C22H31F3O2. The average molecular weight is 384 g/mol. The third kappa shape index (κ3) is 5.73. The van der Waals surface area contributed by atoms with Gasteiger partial charge >= 0.3 is 5.97 Å². The first-order valence-corrected chi connectivity index (χ1v) is 10.3. The van der Waals surface area contributed by atoms with Crippen molar-refractivity contribution in [1.82, 2.24) is 0 Å². The molecule has 0 unspecified atom stereocenters. The lowest BCUT2D eigenvalue weighted by molar-refractivity contribution is -0.140. The van der Waals surface area contributed by atoms with Crippen LogP contribution in [0.3, 0.4) is 0 Å². The van der Waals surface area contributed by atoms with E-state index >= 15 is 0 Å². The van der Waals surface area contributed by atoms with Gasteiger partial charge in [0.1, 0.15) is 5.75 Å². The number of rotatable bonds is 3. The Morgan fingerprint density at radius 1 is 0.852 bits per heavy atom. The van der Waals surface area contributed by atoms with E-state index in [1.807, 2.05) is 13.8 Å². The van der Waals surface area contributed by atoms with Gasteiger partial charge in [0, 0.05) is 12.1 Å². The van der Waals surface area contributed by atoms with Crippen LogP contribution in [0.5, 0.6) is 5.75 Å². The fourth-order valence-electron chi connectivity index (χ4n) is 4.37. The maximum Gasteiger partial charge on any atom is 0.314 e. The molecule has 0 radical (unpaired) electrons.